The molecule has 3 N–H and O–H groups in total. The number of urea groups is 1. The second-order valence-corrected chi connectivity index (χ2v) is 10.3. The Labute approximate surface area is 199 Å². The summed E-state index contributed by atoms with van der Waals surface area (Å²) in [6, 6.07) is 6.55. The zero-order valence-corrected chi connectivity index (χ0v) is 20.1. The third-order valence-electron chi connectivity index (χ3n) is 5.76. The minimum absolute atomic E-state index is 0.00558. The number of ether oxygens (including phenoxy) is 1. The van der Waals surface area contributed by atoms with Gasteiger partial charge in [-0.15, -0.1) is 10.2 Å². The predicted molar refractivity (Wildman–Crippen MR) is 125 cm³/mol. The Kier molecular flexibility index (Phi) is 7.03. The van der Waals surface area contributed by atoms with Crippen molar-refractivity contribution in [3.63, 3.8) is 0 Å². The number of aromatic nitrogens is 2. The number of hydrogen-bond donors (Lipinski definition) is 3. The number of hydrogen-bond acceptors (Lipinski definition) is 9. The highest BCUT2D eigenvalue weighted by Crippen LogP contribution is 2.30. The fourth-order valence-electron chi connectivity index (χ4n) is 3.89. The minimum Gasteiger partial charge on any atom is -0.497 e. The highest BCUT2D eigenvalue weighted by atomic mass is 32.2. The van der Waals surface area contributed by atoms with Crippen molar-refractivity contribution in [1.82, 2.24) is 25.9 Å². The van der Waals surface area contributed by atoms with Crippen molar-refractivity contribution < 1.29 is 19.1 Å². The first-order chi connectivity index (χ1) is 15.9. The lowest BCUT2D eigenvalue weighted by atomic mass is 9.92. The number of thioether (sulfide) groups is 1. The summed E-state index contributed by atoms with van der Waals surface area (Å²) >= 11 is 2.60. The number of carbonyl (C=O) groups is 3. The Balaban J connectivity index is 1.31. The van der Waals surface area contributed by atoms with Gasteiger partial charge in [0.15, 0.2) is 4.34 Å². The van der Waals surface area contributed by atoms with Crippen LogP contribution in [-0.4, -0.2) is 52.0 Å². The van der Waals surface area contributed by atoms with E-state index >= 15 is 0 Å². The van der Waals surface area contributed by atoms with Gasteiger partial charge in [-0.1, -0.05) is 54.5 Å². The molecule has 2 aromatic rings. The van der Waals surface area contributed by atoms with Crippen LogP contribution in [0.1, 0.15) is 44.6 Å². The van der Waals surface area contributed by atoms with Gasteiger partial charge in [0.1, 0.15) is 11.3 Å². The first kappa shape index (κ1) is 23.3. The first-order valence-corrected chi connectivity index (χ1v) is 12.5. The highest BCUT2D eigenvalue weighted by Gasteiger charge is 2.50. The molecule has 1 atom stereocenters. The summed E-state index contributed by atoms with van der Waals surface area (Å²) in [5.74, 6) is -0.422. The number of rotatable bonds is 8. The summed E-state index contributed by atoms with van der Waals surface area (Å²) in [5, 5.41) is 15.8. The average molecular weight is 491 g/mol. The number of nitrogens with one attached hydrogen (secondary N) is 3. The lowest BCUT2D eigenvalue weighted by Crippen LogP contribution is -2.48. The highest BCUT2D eigenvalue weighted by molar-refractivity contribution is 8.01. The number of carbonyl (C=O) groups excluding carboxylic acids is 3. The van der Waals surface area contributed by atoms with Gasteiger partial charge >= 0.3 is 6.03 Å². The number of imide groups is 1. The Morgan fingerprint density at radius 2 is 1.97 bits per heavy atom. The van der Waals surface area contributed by atoms with E-state index in [0.717, 1.165) is 23.0 Å². The van der Waals surface area contributed by atoms with Gasteiger partial charge in [-0.25, -0.2) is 4.79 Å². The smallest absolute Gasteiger partial charge is 0.344 e. The van der Waals surface area contributed by atoms with Crippen molar-refractivity contribution >= 4 is 46.1 Å². The molecule has 4 amide bonds. The molecule has 1 aromatic heterocycles. The minimum atomic E-state index is -1.29. The molecule has 2 fully saturated rings. The van der Waals surface area contributed by atoms with Crippen LogP contribution >= 0.6 is 23.1 Å². The molecule has 1 saturated carbocycles. The lowest BCUT2D eigenvalue weighted by Gasteiger charge is -2.22. The first-order valence-electron chi connectivity index (χ1n) is 10.7. The van der Waals surface area contributed by atoms with Gasteiger partial charge in [0.25, 0.3) is 5.91 Å². The molecule has 12 heteroatoms. The van der Waals surface area contributed by atoms with E-state index in [2.05, 4.69) is 26.3 Å². The predicted octanol–water partition coefficient (Wildman–Crippen LogP) is 2.88. The number of nitrogens with zero attached hydrogens (tertiary/aromatic N) is 3. The van der Waals surface area contributed by atoms with Crippen molar-refractivity contribution in [2.75, 3.05) is 18.2 Å². The average Bonchev–Trinajstić information content (AvgIpc) is 3.36. The Bertz CT molecular complexity index is 1020. The maximum atomic E-state index is 13.0. The third-order valence-corrected chi connectivity index (χ3v) is 7.75. The van der Waals surface area contributed by atoms with Crippen LogP contribution < -0.4 is 20.8 Å². The summed E-state index contributed by atoms with van der Waals surface area (Å²) in [7, 11) is 1.55. The van der Waals surface area contributed by atoms with Gasteiger partial charge in [-0.2, -0.15) is 5.01 Å². The van der Waals surface area contributed by atoms with E-state index in [1.807, 2.05) is 0 Å². The Morgan fingerprint density at radius 3 is 2.67 bits per heavy atom. The monoisotopic (exact) mass is 490 g/mol. The quantitative estimate of drug-likeness (QED) is 0.381. The molecule has 0 bridgehead atoms. The van der Waals surface area contributed by atoms with E-state index in [-0.39, 0.29) is 5.75 Å². The number of hydrazine groups is 1. The summed E-state index contributed by atoms with van der Waals surface area (Å²) in [6.45, 7) is 1.60. The Hall–Kier alpha value is -2.86. The second kappa shape index (κ2) is 9.96. The molecule has 176 valence electrons. The van der Waals surface area contributed by atoms with Crippen molar-refractivity contribution in [2.24, 2.45) is 0 Å². The van der Waals surface area contributed by atoms with Crippen LogP contribution in [0.15, 0.2) is 28.6 Å². The molecule has 2 aliphatic rings. The van der Waals surface area contributed by atoms with Gasteiger partial charge in [0.2, 0.25) is 11.0 Å². The van der Waals surface area contributed by atoms with Crippen LogP contribution in [0.5, 0.6) is 5.75 Å². The number of methoxy groups -OCH3 is 1. The zero-order chi connectivity index (χ0) is 23.4. The molecule has 1 saturated heterocycles. The maximum Gasteiger partial charge on any atom is 0.344 e. The van der Waals surface area contributed by atoms with Crippen molar-refractivity contribution in [3.8, 4) is 5.75 Å². The van der Waals surface area contributed by atoms with E-state index in [1.54, 1.807) is 38.3 Å². The molecule has 1 aliphatic carbocycles. The summed E-state index contributed by atoms with van der Waals surface area (Å²) in [6.07, 6.45) is 5.98. The molecule has 0 radical (unpaired) electrons. The molecule has 4 rings (SSSR count). The third kappa shape index (κ3) is 5.22. The second-order valence-electron chi connectivity index (χ2n) is 8.10. The topological polar surface area (TPSA) is 126 Å². The molecule has 2 heterocycles. The van der Waals surface area contributed by atoms with Gasteiger partial charge in [0.05, 0.1) is 12.9 Å². The van der Waals surface area contributed by atoms with Crippen LogP contribution in [0, 0.1) is 0 Å². The van der Waals surface area contributed by atoms with Crippen molar-refractivity contribution in [1.29, 1.82) is 0 Å². The van der Waals surface area contributed by atoms with E-state index in [9.17, 15) is 14.4 Å². The fourth-order valence-corrected chi connectivity index (χ4v) is 5.51. The molecular formula is C21H26N6O4S2. The number of benzene rings is 1. The summed E-state index contributed by atoms with van der Waals surface area (Å²) in [5.41, 5.74) is 1.69. The van der Waals surface area contributed by atoms with Gasteiger partial charge in [0, 0.05) is 6.04 Å². The molecule has 10 nitrogen and oxygen atoms in total. The summed E-state index contributed by atoms with van der Waals surface area (Å²) in [4.78, 5) is 37.8. The van der Waals surface area contributed by atoms with E-state index < -0.39 is 23.4 Å². The van der Waals surface area contributed by atoms with Crippen LogP contribution in [0.4, 0.5) is 9.93 Å². The van der Waals surface area contributed by atoms with Crippen LogP contribution in [0.2, 0.25) is 0 Å². The Morgan fingerprint density at radius 1 is 1.24 bits per heavy atom. The van der Waals surface area contributed by atoms with Crippen molar-refractivity contribution in [2.45, 2.75) is 54.9 Å². The van der Waals surface area contributed by atoms with E-state index in [0.29, 0.717) is 21.7 Å². The largest absolute Gasteiger partial charge is 0.497 e. The van der Waals surface area contributed by atoms with Crippen molar-refractivity contribution in [3.05, 3.63) is 29.8 Å². The number of amides is 4. The normalized spacial score (nSPS) is 21.1. The lowest BCUT2D eigenvalue weighted by molar-refractivity contribution is -0.138. The maximum absolute atomic E-state index is 13.0. The zero-order valence-electron chi connectivity index (χ0n) is 18.4. The van der Waals surface area contributed by atoms with Gasteiger partial charge < -0.3 is 15.4 Å². The van der Waals surface area contributed by atoms with Crippen LogP contribution in [0.3, 0.4) is 0 Å². The van der Waals surface area contributed by atoms with E-state index in [1.165, 1.54) is 42.4 Å². The van der Waals surface area contributed by atoms with Gasteiger partial charge in [-0.05, 0) is 37.5 Å². The molecule has 0 spiro atoms. The molecule has 1 aliphatic heterocycles. The van der Waals surface area contributed by atoms with E-state index in [4.69, 9.17) is 4.74 Å². The molecular weight excluding hydrogens is 464 g/mol. The van der Waals surface area contributed by atoms with Gasteiger partial charge in [-0.3, -0.25) is 15.0 Å². The molecule has 33 heavy (non-hydrogen) atoms. The number of anilines is 1. The molecule has 1 aromatic carbocycles. The SMILES string of the molecule is COc1ccc(C2(C)NC(=O)N(NC(=O)CSc3nnc(NC4CCCCC4)s3)C2=O)cc1. The van der Waals surface area contributed by atoms with Crippen LogP contribution in [0.25, 0.3) is 0 Å². The van der Waals surface area contributed by atoms with Crippen LogP contribution in [-0.2, 0) is 15.1 Å². The molecule has 1 unspecified atom stereocenters. The standard InChI is InChI=1S/C21H26N6O4S2/c1-21(13-8-10-15(31-2)11-9-13)17(29)27(19(30)23-21)26-16(28)12-32-20-25-24-18(33-20)22-14-6-4-3-5-7-14/h8-11,14H,3-7,12H2,1-2H3,(H,22,24)(H,23,30)(H,26,28). The fraction of sp³-hybridized carbons (Fsp3) is 0.476. The summed E-state index contributed by atoms with van der Waals surface area (Å²) < 4.78 is 5.78.